The first kappa shape index (κ1) is 21.0. The summed E-state index contributed by atoms with van der Waals surface area (Å²) in [5.74, 6) is -1.89. The van der Waals surface area contributed by atoms with E-state index in [4.69, 9.17) is 4.74 Å². The van der Waals surface area contributed by atoms with Crippen LogP contribution >= 0.6 is 0 Å². The molecule has 4 amide bonds. The van der Waals surface area contributed by atoms with Gasteiger partial charge in [0.1, 0.15) is 5.82 Å². The molecule has 1 fully saturated rings. The van der Waals surface area contributed by atoms with Crippen LogP contribution in [0, 0.1) is 5.82 Å². The van der Waals surface area contributed by atoms with E-state index >= 15 is 0 Å². The number of halogens is 1. The standard InChI is InChI=1S/C21H20FN3O5/c1-24(12-16-4-2-3-5-17(16)22)19(27)13-30-20(28)15-8-6-14(7-9-15)11-25-18(26)10-23-21(25)29/h2-9H,10-13H2,1H3,(H,23,29). The molecule has 1 heterocycles. The van der Waals surface area contributed by atoms with Crippen LogP contribution in [0.1, 0.15) is 21.5 Å². The molecular weight excluding hydrogens is 393 g/mol. The van der Waals surface area contributed by atoms with Gasteiger partial charge in [-0.15, -0.1) is 0 Å². The van der Waals surface area contributed by atoms with E-state index in [1.807, 2.05) is 0 Å². The van der Waals surface area contributed by atoms with Crippen molar-refractivity contribution in [3.8, 4) is 0 Å². The molecular formula is C21H20FN3O5. The van der Waals surface area contributed by atoms with Crippen molar-refractivity contribution < 1.29 is 28.3 Å². The summed E-state index contributed by atoms with van der Waals surface area (Å²) in [6.07, 6.45) is 0. The van der Waals surface area contributed by atoms with Gasteiger partial charge < -0.3 is 15.0 Å². The van der Waals surface area contributed by atoms with Crippen LogP contribution in [0.15, 0.2) is 48.5 Å². The number of hydrogen-bond donors (Lipinski definition) is 1. The van der Waals surface area contributed by atoms with Crippen molar-refractivity contribution in [3.63, 3.8) is 0 Å². The fraction of sp³-hybridized carbons (Fsp3) is 0.238. The zero-order chi connectivity index (χ0) is 21.7. The Morgan fingerprint density at radius 2 is 1.83 bits per heavy atom. The van der Waals surface area contributed by atoms with Crippen LogP contribution in [0.2, 0.25) is 0 Å². The van der Waals surface area contributed by atoms with E-state index in [-0.39, 0.29) is 31.1 Å². The summed E-state index contributed by atoms with van der Waals surface area (Å²) in [6.45, 7) is -0.351. The summed E-state index contributed by atoms with van der Waals surface area (Å²) in [5.41, 5.74) is 1.25. The van der Waals surface area contributed by atoms with Crippen molar-refractivity contribution in [2.75, 3.05) is 20.2 Å². The summed E-state index contributed by atoms with van der Waals surface area (Å²) in [4.78, 5) is 49.8. The smallest absolute Gasteiger partial charge is 0.338 e. The van der Waals surface area contributed by atoms with Crippen LogP contribution in [-0.2, 0) is 27.4 Å². The largest absolute Gasteiger partial charge is 0.452 e. The molecule has 1 saturated heterocycles. The quantitative estimate of drug-likeness (QED) is 0.551. The molecule has 2 aromatic rings. The number of nitrogens with one attached hydrogen (secondary N) is 1. The van der Waals surface area contributed by atoms with Gasteiger partial charge in [0, 0.05) is 19.2 Å². The molecule has 2 aromatic carbocycles. The number of benzene rings is 2. The minimum atomic E-state index is -0.691. The van der Waals surface area contributed by atoms with Crippen LogP contribution in [0.5, 0.6) is 0 Å². The van der Waals surface area contributed by atoms with Gasteiger partial charge in [0.05, 0.1) is 18.7 Å². The molecule has 0 radical (unpaired) electrons. The number of ether oxygens (including phenoxy) is 1. The molecule has 0 aliphatic carbocycles. The minimum absolute atomic E-state index is 0.0252. The molecule has 156 valence electrons. The number of carbonyl (C=O) groups excluding carboxylic acids is 4. The van der Waals surface area contributed by atoms with Gasteiger partial charge in [-0.2, -0.15) is 0 Å². The number of nitrogens with zero attached hydrogens (tertiary/aromatic N) is 2. The number of carbonyl (C=O) groups is 4. The lowest BCUT2D eigenvalue weighted by molar-refractivity contribution is -0.133. The van der Waals surface area contributed by atoms with E-state index in [0.717, 1.165) is 4.90 Å². The summed E-state index contributed by atoms with van der Waals surface area (Å²) in [5, 5.41) is 2.43. The number of hydrogen-bond acceptors (Lipinski definition) is 5. The van der Waals surface area contributed by atoms with Crippen molar-refractivity contribution in [1.82, 2.24) is 15.1 Å². The normalized spacial score (nSPS) is 13.2. The monoisotopic (exact) mass is 413 g/mol. The van der Waals surface area contributed by atoms with E-state index in [1.165, 1.54) is 30.1 Å². The second-order valence-electron chi connectivity index (χ2n) is 6.75. The van der Waals surface area contributed by atoms with Gasteiger partial charge in [-0.3, -0.25) is 14.5 Å². The van der Waals surface area contributed by atoms with E-state index in [1.54, 1.807) is 30.3 Å². The van der Waals surface area contributed by atoms with Gasteiger partial charge in [0.25, 0.3) is 5.91 Å². The molecule has 1 N–H and O–H groups in total. The lowest BCUT2D eigenvalue weighted by atomic mass is 10.1. The van der Waals surface area contributed by atoms with E-state index in [0.29, 0.717) is 11.1 Å². The Labute approximate surface area is 172 Å². The Hall–Kier alpha value is -3.75. The number of esters is 1. The van der Waals surface area contributed by atoms with Crippen LogP contribution in [0.3, 0.4) is 0 Å². The molecule has 1 aliphatic heterocycles. The molecule has 0 atom stereocenters. The topological polar surface area (TPSA) is 96.0 Å². The third-order valence-corrected chi connectivity index (χ3v) is 4.59. The zero-order valence-electron chi connectivity index (χ0n) is 16.3. The maximum atomic E-state index is 13.7. The molecule has 0 unspecified atom stereocenters. The number of rotatable bonds is 7. The zero-order valence-corrected chi connectivity index (χ0v) is 16.3. The minimum Gasteiger partial charge on any atom is -0.452 e. The lowest BCUT2D eigenvalue weighted by Gasteiger charge is -2.17. The predicted molar refractivity (Wildman–Crippen MR) is 104 cm³/mol. The predicted octanol–water partition coefficient (Wildman–Crippen LogP) is 1.69. The average Bonchev–Trinajstić information content (AvgIpc) is 3.06. The Morgan fingerprint density at radius 1 is 1.13 bits per heavy atom. The Kier molecular flexibility index (Phi) is 6.41. The summed E-state index contributed by atoms with van der Waals surface area (Å²) in [6, 6.07) is 11.8. The molecule has 0 aromatic heterocycles. The third-order valence-electron chi connectivity index (χ3n) is 4.59. The highest BCUT2D eigenvalue weighted by Gasteiger charge is 2.28. The number of amides is 4. The SMILES string of the molecule is CN(Cc1ccccc1F)C(=O)COC(=O)c1ccc(CN2C(=O)CNC2=O)cc1. The first-order valence-corrected chi connectivity index (χ1v) is 9.17. The van der Waals surface area contributed by atoms with Gasteiger partial charge in [-0.05, 0) is 23.8 Å². The average molecular weight is 413 g/mol. The highest BCUT2D eigenvalue weighted by atomic mass is 19.1. The van der Waals surface area contributed by atoms with Crippen molar-refractivity contribution in [2.24, 2.45) is 0 Å². The Balaban J connectivity index is 1.50. The van der Waals surface area contributed by atoms with Gasteiger partial charge in [-0.25, -0.2) is 14.0 Å². The van der Waals surface area contributed by atoms with E-state index in [9.17, 15) is 23.6 Å². The summed E-state index contributed by atoms with van der Waals surface area (Å²) in [7, 11) is 1.49. The number of likely N-dealkylation sites (N-methyl/N-ethyl adjacent to an activating group) is 1. The summed E-state index contributed by atoms with van der Waals surface area (Å²) >= 11 is 0. The van der Waals surface area contributed by atoms with Crippen LogP contribution in [-0.4, -0.2) is 53.8 Å². The summed E-state index contributed by atoms with van der Waals surface area (Å²) < 4.78 is 18.7. The second-order valence-corrected chi connectivity index (χ2v) is 6.75. The molecule has 3 rings (SSSR count). The molecule has 0 saturated carbocycles. The van der Waals surface area contributed by atoms with Crippen molar-refractivity contribution in [2.45, 2.75) is 13.1 Å². The fourth-order valence-corrected chi connectivity index (χ4v) is 2.84. The maximum absolute atomic E-state index is 13.7. The van der Waals surface area contributed by atoms with Gasteiger partial charge in [0.2, 0.25) is 5.91 Å². The molecule has 8 nitrogen and oxygen atoms in total. The molecule has 9 heteroatoms. The lowest BCUT2D eigenvalue weighted by Crippen LogP contribution is -2.31. The van der Waals surface area contributed by atoms with Crippen LogP contribution < -0.4 is 5.32 Å². The van der Waals surface area contributed by atoms with Crippen molar-refractivity contribution >= 4 is 23.8 Å². The van der Waals surface area contributed by atoms with Crippen molar-refractivity contribution in [3.05, 3.63) is 71.0 Å². The fourth-order valence-electron chi connectivity index (χ4n) is 2.84. The maximum Gasteiger partial charge on any atom is 0.338 e. The number of urea groups is 1. The Morgan fingerprint density at radius 3 is 2.47 bits per heavy atom. The van der Waals surface area contributed by atoms with Gasteiger partial charge >= 0.3 is 12.0 Å². The highest BCUT2D eigenvalue weighted by molar-refractivity contribution is 6.01. The third kappa shape index (κ3) is 4.99. The first-order chi connectivity index (χ1) is 14.3. The van der Waals surface area contributed by atoms with Crippen molar-refractivity contribution in [1.29, 1.82) is 0 Å². The van der Waals surface area contributed by atoms with Gasteiger partial charge in [0.15, 0.2) is 6.61 Å². The van der Waals surface area contributed by atoms with Gasteiger partial charge in [-0.1, -0.05) is 30.3 Å². The molecule has 0 bridgehead atoms. The first-order valence-electron chi connectivity index (χ1n) is 9.17. The Bertz CT molecular complexity index is 961. The molecule has 30 heavy (non-hydrogen) atoms. The van der Waals surface area contributed by atoms with E-state index < -0.39 is 30.3 Å². The van der Waals surface area contributed by atoms with Crippen LogP contribution in [0.4, 0.5) is 9.18 Å². The number of imide groups is 1. The molecule has 0 spiro atoms. The second kappa shape index (κ2) is 9.17. The molecule has 1 aliphatic rings. The highest BCUT2D eigenvalue weighted by Crippen LogP contribution is 2.12. The van der Waals surface area contributed by atoms with Crippen LogP contribution in [0.25, 0.3) is 0 Å². The van der Waals surface area contributed by atoms with E-state index in [2.05, 4.69) is 5.32 Å².